The molecule has 0 saturated carbocycles. The second kappa shape index (κ2) is 4.82. The van der Waals surface area contributed by atoms with Crippen molar-refractivity contribution in [2.24, 2.45) is 5.73 Å². The normalized spacial score (nSPS) is 23.4. The van der Waals surface area contributed by atoms with Crippen LogP contribution in [0.15, 0.2) is 35.8 Å². The van der Waals surface area contributed by atoms with Gasteiger partial charge in [0.25, 0.3) is 0 Å². The van der Waals surface area contributed by atoms with Crippen LogP contribution in [0.1, 0.15) is 35.4 Å². The van der Waals surface area contributed by atoms with Crippen molar-refractivity contribution in [1.82, 2.24) is 4.98 Å². The Morgan fingerprint density at radius 2 is 2.17 bits per heavy atom. The number of thiazole rings is 1. The van der Waals surface area contributed by atoms with Gasteiger partial charge in [0, 0.05) is 23.5 Å². The minimum atomic E-state index is -0.231. The maximum atomic E-state index is 6.73. The zero-order valence-electron chi connectivity index (χ0n) is 10.4. The zero-order valence-corrected chi connectivity index (χ0v) is 11.2. The molecule has 1 unspecified atom stereocenters. The van der Waals surface area contributed by atoms with Crippen molar-refractivity contribution in [3.8, 4) is 0 Å². The van der Waals surface area contributed by atoms with Gasteiger partial charge in [-0.2, -0.15) is 0 Å². The number of rotatable bonds is 2. The molecule has 0 amide bonds. The third-order valence-electron chi connectivity index (χ3n) is 3.82. The fourth-order valence-corrected chi connectivity index (χ4v) is 3.65. The Morgan fingerprint density at radius 3 is 3.00 bits per heavy atom. The average molecular weight is 258 g/mol. The molecule has 1 heterocycles. The highest BCUT2D eigenvalue weighted by molar-refractivity contribution is 7.09. The van der Waals surface area contributed by atoms with Crippen molar-refractivity contribution < 1.29 is 0 Å². The number of nitrogens with zero attached hydrogens (tertiary/aromatic N) is 1. The highest BCUT2D eigenvalue weighted by atomic mass is 32.1. The largest absolute Gasteiger partial charge is 0.321 e. The van der Waals surface area contributed by atoms with Crippen molar-refractivity contribution in [1.29, 1.82) is 0 Å². The first kappa shape index (κ1) is 11.9. The summed E-state index contributed by atoms with van der Waals surface area (Å²) in [5.41, 5.74) is 9.25. The molecule has 0 radical (unpaired) electrons. The molecule has 2 N–H and O–H groups in total. The van der Waals surface area contributed by atoms with Gasteiger partial charge in [0.05, 0.1) is 5.01 Å². The molecule has 0 fully saturated rings. The van der Waals surface area contributed by atoms with Crippen molar-refractivity contribution in [3.05, 3.63) is 52.0 Å². The van der Waals surface area contributed by atoms with E-state index in [9.17, 15) is 0 Å². The van der Waals surface area contributed by atoms with Crippen LogP contribution in [-0.2, 0) is 18.4 Å². The van der Waals surface area contributed by atoms with Gasteiger partial charge >= 0.3 is 0 Å². The lowest BCUT2D eigenvalue weighted by Crippen LogP contribution is -2.39. The van der Waals surface area contributed by atoms with Crippen LogP contribution in [0, 0.1) is 0 Å². The predicted molar refractivity (Wildman–Crippen MR) is 75.7 cm³/mol. The number of aryl methyl sites for hydroxylation is 1. The van der Waals surface area contributed by atoms with Crippen LogP contribution in [0.2, 0.25) is 0 Å². The number of hydrogen-bond acceptors (Lipinski definition) is 3. The molecule has 3 rings (SSSR count). The zero-order chi connectivity index (χ0) is 12.4. The number of nitrogens with two attached hydrogens (primary N) is 1. The van der Waals surface area contributed by atoms with Gasteiger partial charge in [0.15, 0.2) is 0 Å². The van der Waals surface area contributed by atoms with Gasteiger partial charge in [0.1, 0.15) is 0 Å². The molecule has 1 aromatic heterocycles. The van der Waals surface area contributed by atoms with Crippen LogP contribution in [0.5, 0.6) is 0 Å². The Hall–Kier alpha value is -1.19. The molecular formula is C15H18N2S. The fourth-order valence-electron chi connectivity index (χ4n) is 2.91. The minimum absolute atomic E-state index is 0.231. The molecular weight excluding hydrogens is 240 g/mol. The monoisotopic (exact) mass is 258 g/mol. The second-order valence-electron chi connectivity index (χ2n) is 5.12. The van der Waals surface area contributed by atoms with Gasteiger partial charge in [-0.05, 0) is 30.4 Å². The van der Waals surface area contributed by atoms with Crippen LogP contribution in [0.3, 0.4) is 0 Å². The first-order valence-electron chi connectivity index (χ1n) is 6.54. The lowest BCUT2D eigenvalue weighted by Gasteiger charge is -2.29. The van der Waals surface area contributed by atoms with E-state index in [1.54, 1.807) is 11.3 Å². The number of aromatic nitrogens is 1. The summed E-state index contributed by atoms with van der Waals surface area (Å²) >= 11 is 1.71. The molecule has 2 aromatic rings. The summed E-state index contributed by atoms with van der Waals surface area (Å²) in [6, 6.07) is 8.65. The summed E-state index contributed by atoms with van der Waals surface area (Å²) in [4.78, 5) is 4.40. The summed E-state index contributed by atoms with van der Waals surface area (Å²) in [6.07, 6.45) is 7.40. The van der Waals surface area contributed by atoms with Gasteiger partial charge in [0.2, 0.25) is 0 Å². The summed E-state index contributed by atoms with van der Waals surface area (Å²) < 4.78 is 0. The highest BCUT2D eigenvalue weighted by Crippen LogP contribution is 2.35. The molecule has 1 aliphatic carbocycles. The van der Waals surface area contributed by atoms with E-state index in [0.29, 0.717) is 0 Å². The summed E-state index contributed by atoms with van der Waals surface area (Å²) in [5.74, 6) is 0. The molecule has 0 spiro atoms. The number of fused-ring (bicyclic) bond motifs is 1. The van der Waals surface area contributed by atoms with E-state index in [-0.39, 0.29) is 5.54 Å². The molecule has 0 bridgehead atoms. The molecule has 18 heavy (non-hydrogen) atoms. The Balaban J connectivity index is 1.99. The Labute approximate surface area is 112 Å². The molecule has 1 aliphatic rings. The second-order valence-corrected chi connectivity index (χ2v) is 6.10. The topological polar surface area (TPSA) is 38.9 Å². The van der Waals surface area contributed by atoms with Gasteiger partial charge in [-0.3, -0.25) is 0 Å². The van der Waals surface area contributed by atoms with Crippen molar-refractivity contribution in [2.45, 2.75) is 37.6 Å². The van der Waals surface area contributed by atoms with E-state index < -0.39 is 0 Å². The Kier molecular flexibility index (Phi) is 3.18. The van der Waals surface area contributed by atoms with Crippen molar-refractivity contribution >= 4 is 11.3 Å². The van der Waals surface area contributed by atoms with Crippen LogP contribution in [-0.4, -0.2) is 4.98 Å². The van der Waals surface area contributed by atoms with Gasteiger partial charge in [-0.25, -0.2) is 4.98 Å². The maximum absolute atomic E-state index is 6.73. The standard InChI is InChI=1S/C15H18N2S/c16-15(11-14-17-9-10-18-14)8-4-3-6-12-5-1-2-7-13(12)15/h1-2,5,7,9-10H,3-4,6,8,11,16H2. The summed E-state index contributed by atoms with van der Waals surface area (Å²) in [6.45, 7) is 0. The molecule has 0 saturated heterocycles. The van der Waals surface area contributed by atoms with Crippen molar-refractivity contribution in [3.63, 3.8) is 0 Å². The number of benzene rings is 1. The summed E-state index contributed by atoms with van der Waals surface area (Å²) in [7, 11) is 0. The van der Waals surface area contributed by atoms with E-state index in [4.69, 9.17) is 5.73 Å². The quantitative estimate of drug-likeness (QED) is 0.840. The van der Waals surface area contributed by atoms with E-state index in [0.717, 1.165) is 24.3 Å². The Morgan fingerprint density at radius 1 is 1.28 bits per heavy atom. The van der Waals surface area contributed by atoms with E-state index in [1.165, 1.54) is 24.0 Å². The third-order valence-corrected chi connectivity index (χ3v) is 4.60. The van der Waals surface area contributed by atoms with E-state index in [1.807, 2.05) is 11.6 Å². The lowest BCUT2D eigenvalue weighted by molar-refractivity contribution is 0.398. The minimum Gasteiger partial charge on any atom is -0.321 e. The van der Waals surface area contributed by atoms with Crippen LogP contribution in [0.25, 0.3) is 0 Å². The van der Waals surface area contributed by atoms with Crippen LogP contribution < -0.4 is 5.73 Å². The van der Waals surface area contributed by atoms with Crippen molar-refractivity contribution in [2.75, 3.05) is 0 Å². The van der Waals surface area contributed by atoms with Gasteiger partial charge in [-0.15, -0.1) is 11.3 Å². The lowest BCUT2D eigenvalue weighted by atomic mass is 9.83. The molecule has 3 heteroatoms. The van der Waals surface area contributed by atoms with Gasteiger partial charge in [-0.1, -0.05) is 30.7 Å². The summed E-state index contributed by atoms with van der Waals surface area (Å²) in [5, 5.41) is 3.18. The third kappa shape index (κ3) is 2.20. The molecule has 1 atom stereocenters. The highest BCUT2D eigenvalue weighted by Gasteiger charge is 2.31. The number of hydrogen-bond donors (Lipinski definition) is 1. The van der Waals surface area contributed by atoms with E-state index >= 15 is 0 Å². The SMILES string of the molecule is NC1(Cc2nccs2)CCCCc2ccccc21. The van der Waals surface area contributed by atoms with E-state index in [2.05, 4.69) is 29.2 Å². The molecule has 1 aromatic carbocycles. The first-order chi connectivity index (χ1) is 8.78. The smallest absolute Gasteiger partial charge is 0.0946 e. The van der Waals surface area contributed by atoms with Crippen LogP contribution in [0.4, 0.5) is 0 Å². The predicted octanol–water partition coefficient (Wildman–Crippen LogP) is 3.27. The Bertz CT molecular complexity index is 521. The average Bonchev–Trinajstić information content (AvgIpc) is 2.82. The fraction of sp³-hybridized carbons (Fsp3) is 0.400. The maximum Gasteiger partial charge on any atom is 0.0946 e. The molecule has 94 valence electrons. The molecule has 2 nitrogen and oxygen atoms in total. The van der Waals surface area contributed by atoms with Crippen LogP contribution >= 0.6 is 11.3 Å². The molecule has 0 aliphatic heterocycles. The first-order valence-corrected chi connectivity index (χ1v) is 7.41. The van der Waals surface area contributed by atoms with Gasteiger partial charge < -0.3 is 5.73 Å².